The van der Waals surface area contributed by atoms with Crippen molar-refractivity contribution in [2.45, 2.75) is 31.4 Å². The Labute approximate surface area is 198 Å². The third-order valence-corrected chi connectivity index (χ3v) is 6.80. The maximum absolute atomic E-state index is 13.0. The van der Waals surface area contributed by atoms with Gasteiger partial charge in [-0.1, -0.05) is 48.5 Å². The molecule has 0 saturated carbocycles. The molecule has 1 aromatic heterocycles. The van der Waals surface area contributed by atoms with E-state index in [1.165, 1.54) is 6.20 Å². The van der Waals surface area contributed by atoms with Crippen LogP contribution in [0.1, 0.15) is 19.4 Å². The van der Waals surface area contributed by atoms with E-state index < -0.39 is 10.0 Å². The molecule has 0 amide bonds. The van der Waals surface area contributed by atoms with Gasteiger partial charge in [-0.2, -0.15) is 0 Å². The summed E-state index contributed by atoms with van der Waals surface area (Å²) in [7, 11) is -3.82. The van der Waals surface area contributed by atoms with Crippen molar-refractivity contribution in [3.8, 4) is 5.75 Å². The lowest BCUT2D eigenvalue weighted by Crippen LogP contribution is -2.46. The van der Waals surface area contributed by atoms with Gasteiger partial charge in [0.1, 0.15) is 10.6 Å². The summed E-state index contributed by atoms with van der Waals surface area (Å²) in [5.74, 6) is 0.901. The molecule has 34 heavy (non-hydrogen) atoms. The highest BCUT2D eigenvalue weighted by Crippen LogP contribution is 2.36. The van der Waals surface area contributed by atoms with E-state index in [2.05, 4.69) is 9.71 Å². The summed E-state index contributed by atoms with van der Waals surface area (Å²) in [6.45, 7) is 4.22. The first-order chi connectivity index (χ1) is 16.4. The van der Waals surface area contributed by atoms with Crippen LogP contribution < -0.4 is 14.4 Å². The van der Waals surface area contributed by atoms with Gasteiger partial charge in [-0.25, -0.2) is 18.1 Å². The zero-order chi connectivity index (χ0) is 23.7. The van der Waals surface area contributed by atoms with E-state index in [9.17, 15) is 8.42 Å². The van der Waals surface area contributed by atoms with Gasteiger partial charge in [-0.3, -0.25) is 9.88 Å². The Morgan fingerprint density at radius 3 is 2.68 bits per heavy atom. The van der Waals surface area contributed by atoms with Gasteiger partial charge in [0.25, 0.3) is 10.0 Å². The summed E-state index contributed by atoms with van der Waals surface area (Å²) < 4.78 is 34.5. The molecule has 1 aliphatic heterocycles. The molecule has 2 heterocycles. The first kappa shape index (κ1) is 21.9. The predicted molar refractivity (Wildman–Crippen MR) is 134 cm³/mol. The van der Waals surface area contributed by atoms with Gasteiger partial charge in [-0.15, -0.1) is 0 Å². The van der Waals surface area contributed by atoms with Crippen molar-refractivity contribution < 1.29 is 13.2 Å². The van der Waals surface area contributed by atoms with Crippen LogP contribution in [0.25, 0.3) is 10.8 Å². The minimum atomic E-state index is -3.82. The van der Waals surface area contributed by atoms with E-state index in [0.29, 0.717) is 18.0 Å². The molecular formula is C26H24N4O3S. The quantitative estimate of drug-likeness (QED) is 0.442. The Bertz CT molecular complexity index is 1490. The van der Waals surface area contributed by atoms with Gasteiger partial charge in [0, 0.05) is 18.5 Å². The van der Waals surface area contributed by atoms with Crippen molar-refractivity contribution in [3.05, 3.63) is 90.8 Å². The van der Waals surface area contributed by atoms with Gasteiger partial charge in [-0.05, 0) is 48.4 Å². The van der Waals surface area contributed by atoms with Crippen molar-refractivity contribution >= 4 is 38.1 Å². The van der Waals surface area contributed by atoms with Gasteiger partial charge in [0.15, 0.2) is 0 Å². The lowest BCUT2D eigenvalue weighted by atomic mass is 10.1. The van der Waals surface area contributed by atoms with Crippen molar-refractivity contribution in [3.63, 3.8) is 0 Å². The summed E-state index contributed by atoms with van der Waals surface area (Å²) in [5.41, 5.74) is 2.21. The van der Waals surface area contributed by atoms with Crippen LogP contribution in [0.15, 0.2) is 95.1 Å². The standard InChI is InChI=1S/C26H24N4O3S/c1-18(2)33-22-11-6-10-21(15-22)30-24-13-14-27-17-25(24)34(31,32)29-26(30)28-16-20-9-5-8-19-7-3-4-12-23(19)20/h3-15,17-18H,16H2,1-2H3,(H,28,29). The van der Waals surface area contributed by atoms with E-state index in [0.717, 1.165) is 22.0 Å². The van der Waals surface area contributed by atoms with Crippen LogP contribution in [0.4, 0.5) is 11.4 Å². The summed E-state index contributed by atoms with van der Waals surface area (Å²) in [5, 5.41) is 2.19. The van der Waals surface area contributed by atoms with Crippen LogP contribution in [0.5, 0.6) is 5.75 Å². The van der Waals surface area contributed by atoms with Gasteiger partial charge < -0.3 is 4.74 Å². The Morgan fingerprint density at radius 1 is 1.03 bits per heavy atom. The Hall–Kier alpha value is -3.91. The fourth-order valence-corrected chi connectivity index (χ4v) is 5.16. The van der Waals surface area contributed by atoms with Crippen molar-refractivity contribution in [1.82, 2.24) is 9.71 Å². The first-order valence-corrected chi connectivity index (χ1v) is 12.5. The maximum Gasteiger partial charge on any atom is 0.267 e. The Morgan fingerprint density at radius 2 is 1.82 bits per heavy atom. The molecular weight excluding hydrogens is 448 g/mol. The number of rotatable bonds is 5. The third-order valence-electron chi connectivity index (χ3n) is 5.46. The molecule has 172 valence electrons. The number of anilines is 2. The number of hydrogen-bond donors (Lipinski definition) is 1. The normalized spacial score (nSPS) is 15.9. The highest BCUT2D eigenvalue weighted by atomic mass is 32.2. The SMILES string of the molecule is CC(C)Oc1cccc(N2C(=NCc3cccc4ccccc34)NS(=O)(=O)c3cnccc32)c1. The fraction of sp³-hybridized carbons (Fsp3) is 0.154. The summed E-state index contributed by atoms with van der Waals surface area (Å²) >= 11 is 0. The molecule has 0 atom stereocenters. The molecule has 4 aromatic rings. The largest absolute Gasteiger partial charge is 0.491 e. The second-order valence-electron chi connectivity index (χ2n) is 8.23. The molecule has 0 radical (unpaired) electrons. The van der Waals surface area contributed by atoms with E-state index in [1.54, 1.807) is 17.2 Å². The highest BCUT2D eigenvalue weighted by molar-refractivity contribution is 7.90. The number of guanidine groups is 1. The summed E-state index contributed by atoms with van der Waals surface area (Å²) in [6.07, 6.45) is 2.93. The van der Waals surface area contributed by atoms with E-state index >= 15 is 0 Å². The molecule has 0 unspecified atom stereocenters. The van der Waals surface area contributed by atoms with Gasteiger partial charge >= 0.3 is 0 Å². The monoisotopic (exact) mass is 472 g/mol. The van der Waals surface area contributed by atoms with Crippen LogP contribution in [-0.4, -0.2) is 25.5 Å². The molecule has 7 nitrogen and oxygen atoms in total. The summed E-state index contributed by atoms with van der Waals surface area (Å²) in [6, 6.07) is 23.3. The number of hydrogen-bond acceptors (Lipinski definition) is 5. The number of ether oxygens (including phenoxy) is 1. The van der Waals surface area contributed by atoms with Crippen LogP contribution in [0.3, 0.4) is 0 Å². The average molecular weight is 473 g/mol. The molecule has 3 aromatic carbocycles. The lowest BCUT2D eigenvalue weighted by Gasteiger charge is -2.32. The highest BCUT2D eigenvalue weighted by Gasteiger charge is 2.34. The Kier molecular flexibility index (Phi) is 5.67. The molecule has 1 aliphatic rings. The number of fused-ring (bicyclic) bond motifs is 2. The molecule has 0 fully saturated rings. The molecule has 0 aliphatic carbocycles. The number of aliphatic imine (C=N–C) groups is 1. The minimum Gasteiger partial charge on any atom is -0.491 e. The third kappa shape index (κ3) is 4.20. The van der Waals surface area contributed by atoms with Crippen molar-refractivity contribution in [1.29, 1.82) is 0 Å². The lowest BCUT2D eigenvalue weighted by molar-refractivity contribution is 0.242. The number of benzene rings is 3. The molecule has 8 heteroatoms. The maximum atomic E-state index is 13.0. The Balaban J connectivity index is 1.62. The number of sulfonamides is 1. The topological polar surface area (TPSA) is 83.9 Å². The second-order valence-corrected chi connectivity index (χ2v) is 9.88. The average Bonchev–Trinajstić information content (AvgIpc) is 2.82. The minimum absolute atomic E-state index is 0.00564. The van der Waals surface area contributed by atoms with E-state index in [1.807, 2.05) is 80.6 Å². The number of pyridine rings is 1. The van der Waals surface area contributed by atoms with E-state index in [4.69, 9.17) is 9.73 Å². The molecule has 0 spiro atoms. The molecule has 5 rings (SSSR count). The number of nitrogens with one attached hydrogen (secondary N) is 1. The van der Waals surface area contributed by atoms with Crippen LogP contribution in [-0.2, 0) is 16.6 Å². The smallest absolute Gasteiger partial charge is 0.267 e. The van der Waals surface area contributed by atoms with Crippen LogP contribution in [0, 0.1) is 0 Å². The molecule has 0 bridgehead atoms. The fourth-order valence-electron chi connectivity index (χ4n) is 4.02. The number of nitrogens with zero attached hydrogens (tertiary/aromatic N) is 3. The number of aromatic nitrogens is 1. The van der Waals surface area contributed by atoms with Crippen molar-refractivity contribution in [2.24, 2.45) is 4.99 Å². The zero-order valence-corrected chi connectivity index (χ0v) is 19.7. The van der Waals surface area contributed by atoms with Crippen LogP contribution in [0.2, 0.25) is 0 Å². The van der Waals surface area contributed by atoms with Gasteiger partial charge in [0.05, 0.1) is 24.0 Å². The van der Waals surface area contributed by atoms with E-state index in [-0.39, 0.29) is 17.0 Å². The molecule has 1 N–H and O–H groups in total. The zero-order valence-electron chi connectivity index (χ0n) is 18.8. The molecule has 0 saturated heterocycles. The first-order valence-electron chi connectivity index (χ1n) is 11.0. The second kappa shape index (κ2) is 8.79. The van der Waals surface area contributed by atoms with Crippen LogP contribution >= 0.6 is 0 Å². The predicted octanol–water partition coefficient (Wildman–Crippen LogP) is 5.01. The van der Waals surface area contributed by atoms with Crippen molar-refractivity contribution in [2.75, 3.05) is 4.90 Å². The van der Waals surface area contributed by atoms with Gasteiger partial charge in [0.2, 0.25) is 5.96 Å². The summed E-state index contributed by atoms with van der Waals surface area (Å²) in [4.78, 5) is 10.6.